The van der Waals surface area contributed by atoms with Gasteiger partial charge in [0.2, 0.25) is 5.91 Å². The van der Waals surface area contributed by atoms with Crippen LogP contribution in [-0.4, -0.2) is 26.0 Å². The Morgan fingerprint density at radius 1 is 1.03 bits per heavy atom. The largest absolute Gasteiger partial charge is 0.304 e. The number of hydrogen-bond acceptors (Lipinski definition) is 4. The van der Waals surface area contributed by atoms with Gasteiger partial charge in [-0.15, -0.1) is 0 Å². The maximum absolute atomic E-state index is 14.0. The van der Waals surface area contributed by atoms with E-state index in [-0.39, 0.29) is 22.8 Å². The predicted octanol–water partition coefficient (Wildman–Crippen LogP) is 3.95. The van der Waals surface area contributed by atoms with Crippen molar-refractivity contribution in [2.24, 2.45) is 0 Å². The number of sulfone groups is 1. The molecule has 2 heterocycles. The van der Waals surface area contributed by atoms with E-state index in [0.717, 1.165) is 28.2 Å². The summed E-state index contributed by atoms with van der Waals surface area (Å²) in [7, 11) is -4.30. The number of halogens is 2. The summed E-state index contributed by atoms with van der Waals surface area (Å²) in [5.41, 5.74) is 2.48. The number of benzene rings is 3. The molecule has 1 saturated heterocycles. The zero-order chi connectivity index (χ0) is 23.5. The van der Waals surface area contributed by atoms with Gasteiger partial charge >= 0.3 is 0 Å². The maximum atomic E-state index is 14.0. The van der Waals surface area contributed by atoms with E-state index < -0.39 is 38.1 Å². The monoisotopic (exact) mass is 484 g/mol. The first-order chi connectivity index (χ1) is 15.7. The highest BCUT2D eigenvalue weighted by Gasteiger charge is 2.69. The van der Waals surface area contributed by atoms with Crippen molar-refractivity contribution in [1.29, 1.82) is 0 Å². The molecule has 1 unspecified atom stereocenters. The molecule has 1 fully saturated rings. The third-order valence-electron chi connectivity index (χ3n) is 6.05. The van der Waals surface area contributed by atoms with Gasteiger partial charge in [-0.3, -0.25) is 14.5 Å². The van der Waals surface area contributed by atoms with Gasteiger partial charge in [0.25, 0.3) is 10.8 Å². The van der Waals surface area contributed by atoms with Crippen LogP contribution in [-0.2, 0) is 30.8 Å². The van der Waals surface area contributed by atoms with Crippen LogP contribution in [0.5, 0.6) is 0 Å². The molecule has 0 aromatic heterocycles. The van der Waals surface area contributed by atoms with Crippen molar-refractivity contribution in [1.82, 2.24) is 0 Å². The molecule has 0 radical (unpaired) electrons. The molecule has 0 N–H and O–H groups in total. The number of hydrogen-bond donors (Lipinski definition) is 0. The van der Waals surface area contributed by atoms with Crippen molar-refractivity contribution in [3.8, 4) is 0 Å². The molecule has 2 amide bonds. The summed E-state index contributed by atoms with van der Waals surface area (Å²) in [6.07, 6.45) is 0. The summed E-state index contributed by atoms with van der Waals surface area (Å²) in [4.78, 5) is 27.1. The van der Waals surface area contributed by atoms with Crippen LogP contribution in [0.2, 0.25) is 5.02 Å². The Bertz CT molecular complexity index is 1420. The fourth-order valence-corrected chi connectivity index (χ4v) is 6.76. The van der Waals surface area contributed by atoms with Crippen molar-refractivity contribution >= 4 is 44.6 Å². The van der Waals surface area contributed by atoms with E-state index in [1.54, 1.807) is 18.2 Å². The highest BCUT2D eigenvalue weighted by atomic mass is 35.5. The van der Waals surface area contributed by atoms with Crippen LogP contribution in [0.15, 0.2) is 66.7 Å². The van der Waals surface area contributed by atoms with Crippen LogP contribution in [0.4, 0.5) is 15.8 Å². The van der Waals surface area contributed by atoms with Crippen LogP contribution in [0.3, 0.4) is 0 Å². The molecule has 3 aromatic carbocycles. The lowest BCUT2D eigenvalue weighted by Gasteiger charge is -2.32. The molecule has 3 aromatic rings. The first-order valence-corrected chi connectivity index (χ1v) is 12.2. The first-order valence-electron chi connectivity index (χ1n) is 10.1. The van der Waals surface area contributed by atoms with Crippen LogP contribution in [0, 0.1) is 12.7 Å². The third kappa shape index (κ3) is 3.01. The van der Waals surface area contributed by atoms with E-state index in [1.807, 2.05) is 31.2 Å². The quantitative estimate of drug-likeness (QED) is 0.564. The number of nitrogens with zero attached hydrogens (tertiary/aromatic N) is 2. The van der Waals surface area contributed by atoms with Gasteiger partial charge < -0.3 is 4.90 Å². The Kier molecular flexibility index (Phi) is 4.84. The van der Waals surface area contributed by atoms with Crippen molar-refractivity contribution in [3.05, 3.63) is 94.3 Å². The molecule has 6 nitrogen and oxygen atoms in total. The molecule has 2 aliphatic heterocycles. The van der Waals surface area contributed by atoms with E-state index in [2.05, 4.69) is 0 Å². The van der Waals surface area contributed by atoms with E-state index in [4.69, 9.17) is 11.6 Å². The molecule has 5 rings (SSSR count). The normalized spacial score (nSPS) is 21.2. The Morgan fingerprint density at radius 2 is 1.73 bits per heavy atom. The lowest BCUT2D eigenvalue weighted by atomic mass is 10.0. The van der Waals surface area contributed by atoms with Crippen molar-refractivity contribution in [2.45, 2.75) is 18.3 Å². The minimum absolute atomic E-state index is 0.0350. The first kappa shape index (κ1) is 21.6. The number of carbonyl (C=O) groups excluding carboxylic acids is 2. The summed E-state index contributed by atoms with van der Waals surface area (Å²) in [6.45, 7) is 2.07. The molecule has 168 valence electrons. The van der Waals surface area contributed by atoms with Crippen LogP contribution < -0.4 is 9.80 Å². The highest BCUT2D eigenvalue weighted by molar-refractivity contribution is 7.94. The van der Waals surface area contributed by atoms with Crippen LogP contribution in [0.1, 0.15) is 16.7 Å². The second-order valence-corrected chi connectivity index (χ2v) is 10.6. The van der Waals surface area contributed by atoms with E-state index >= 15 is 0 Å². The van der Waals surface area contributed by atoms with Gasteiger partial charge in [-0.25, -0.2) is 12.8 Å². The Hall–Kier alpha value is -3.23. The third-order valence-corrected chi connectivity index (χ3v) is 8.44. The zero-order valence-electron chi connectivity index (χ0n) is 17.5. The average Bonchev–Trinajstić information content (AvgIpc) is 3.14. The van der Waals surface area contributed by atoms with Crippen molar-refractivity contribution in [3.63, 3.8) is 0 Å². The van der Waals surface area contributed by atoms with Gasteiger partial charge in [-0.05, 0) is 36.8 Å². The molecule has 2 aliphatic rings. The minimum atomic E-state index is -4.30. The molecule has 0 aliphatic carbocycles. The van der Waals surface area contributed by atoms with Gasteiger partial charge in [0.05, 0.1) is 17.3 Å². The number of amides is 2. The Balaban J connectivity index is 1.73. The molecule has 9 heteroatoms. The van der Waals surface area contributed by atoms with Gasteiger partial charge in [0.1, 0.15) is 11.6 Å². The number of para-hydroxylation sites is 1. The van der Waals surface area contributed by atoms with E-state index in [9.17, 15) is 22.4 Å². The second kappa shape index (κ2) is 7.40. The summed E-state index contributed by atoms with van der Waals surface area (Å²) in [6, 6.07) is 17.5. The highest BCUT2D eigenvalue weighted by Crippen LogP contribution is 2.53. The van der Waals surface area contributed by atoms with E-state index in [1.165, 1.54) is 17.0 Å². The van der Waals surface area contributed by atoms with Crippen molar-refractivity contribution < 1.29 is 22.4 Å². The summed E-state index contributed by atoms with van der Waals surface area (Å²) >= 11 is 5.93. The van der Waals surface area contributed by atoms with Gasteiger partial charge in [0.15, 0.2) is 9.84 Å². The molecule has 0 bridgehead atoms. The minimum Gasteiger partial charge on any atom is -0.304 e. The van der Waals surface area contributed by atoms with Gasteiger partial charge in [0, 0.05) is 11.3 Å². The topological polar surface area (TPSA) is 74.8 Å². The maximum Gasteiger partial charge on any atom is 0.274 e. The van der Waals surface area contributed by atoms with Gasteiger partial charge in [-0.2, -0.15) is 0 Å². The predicted molar refractivity (Wildman–Crippen MR) is 123 cm³/mol. The van der Waals surface area contributed by atoms with E-state index in [0.29, 0.717) is 5.69 Å². The molecule has 33 heavy (non-hydrogen) atoms. The number of carbonyl (C=O) groups is 2. The summed E-state index contributed by atoms with van der Waals surface area (Å²) in [5.74, 6) is -3.10. The Labute approximate surface area is 195 Å². The fourth-order valence-electron chi connectivity index (χ4n) is 4.55. The number of anilines is 2. The molecule has 1 atom stereocenters. The lowest BCUT2D eigenvalue weighted by molar-refractivity contribution is -0.123. The standard InChI is InChI=1S/C24H18ClFN2O4S/c1-15-6-8-16(9-7-15)13-27-21-5-3-2-4-18(21)24(23(27)30)28(22(29)14-33(24,31)32)17-10-11-20(26)19(25)12-17/h2-12H,13-14H2,1H3. The summed E-state index contributed by atoms with van der Waals surface area (Å²) < 4.78 is 40.9. The summed E-state index contributed by atoms with van der Waals surface area (Å²) in [5, 5.41) is -0.282. The number of rotatable bonds is 3. The van der Waals surface area contributed by atoms with Gasteiger partial charge in [-0.1, -0.05) is 59.6 Å². The Morgan fingerprint density at radius 3 is 2.42 bits per heavy atom. The zero-order valence-corrected chi connectivity index (χ0v) is 19.0. The fraction of sp³-hybridized carbons (Fsp3) is 0.167. The van der Waals surface area contributed by atoms with Crippen molar-refractivity contribution in [2.75, 3.05) is 15.6 Å². The SMILES string of the molecule is Cc1ccc(CN2C(=O)C3(c4ccccc42)N(c2ccc(F)c(Cl)c2)C(=O)CS3(=O)=O)cc1. The average molecular weight is 485 g/mol. The number of fused-ring (bicyclic) bond motifs is 2. The lowest BCUT2D eigenvalue weighted by Crippen LogP contribution is -2.54. The van der Waals surface area contributed by atoms with Crippen LogP contribution in [0.25, 0.3) is 0 Å². The number of aryl methyl sites for hydroxylation is 1. The smallest absolute Gasteiger partial charge is 0.274 e. The van der Waals surface area contributed by atoms with Crippen LogP contribution >= 0.6 is 11.6 Å². The molecule has 0 saturated carbocycles. The molecular formula is C24H18ClFN2O4S. The molecule has 1 spiro atoms. The molecular weight excluding hydrogens is 467 g/mol. The second-order valence-electron chi connectivity index (χ2n) is 8.12.